The topological polar surface area (TPSA) is 24.5 Å². The molecule has 0 aromatic heterocycles. The minimum atomic E-state index is -0.757. The number of nitrogens with zero attached hydrogens (tertiary/aromatic N) is 1. The van der Waals surface area contributed by atoms with Crippen molar-refractivity contribution in [1.82, 2.24) is 5.43 Å². The van der Waals surface area contributed by atoms with E-state index in [-0.39, 0.29) is 5.41 Å². The molecule has 256 valence electrons. The molecule has 1 aliphatic heterocycles. The second kappa shape index (κ2) is 14.1. The molecule has 1 fully saturated rings. The van der Waals surface area contributed by atoms with Crippen LogP contribution in [0.15, 0.2) is 109 Å². The van der Waals surface area contributed by atoms with E-state index in [0.717, 1.165) is 36.4 Å². The summed E-state index contributed by atoms with van der Waals surface area (Å²) >= 11 is 0. The normalized spacial score (nSPS) is 18.9. The second-order valence-electron chi connectivity index (χ2n) is 14.8. The summed E-state index contributed by atoms with van der Waals surface area (Å²) in [4.78, 5) is 0. The Bertz CT molecular complexity index is 1970. The predicted molar refractivity (Wildman–Crippen MR) is 211 cm³/mol. The molecular weight excluding hydrogens is 609 g/mol. The maximum atomic E-state index is 7.65. The SMILES string of the molecule is CCCCNN(CCCC)c1ccc(C2(c3ccccc3)C=Cc3c4c(c5ccccc5c3O2)-c2ccccc2C42CCCCCCC2)cc1. The van der Waals surface area contributed by atoms with Gasteiger partial charge < -0.3 is 9.75 Å². The number of ether oxygens (including phenoxy) is 1. The van der Waals surface area contributed by atoms with Crippen molar-refractivity contribution in [3.63, 3.8) is 0 Å². The molecule has 8 rings (SSSR count). The van der Waals surface area contributed by atoms with Gasteiger partial charge in [0, 0.05) is 40.6 Å². The Balaban J connectivity index is 1.30. The van der Waals surface area contributed by atoms with Crippen molar-refractivity contribution >= 4 is 22.5 Å². The molecular formula is C47H52N2O. The van der Waals surface area contributed by atoms with Crippen LogP contribution < -0.4 is 15.2 Å². The minimum Gasteiger partial charge on any atom is -0.472 e. The number of nitrogens with one attached hydrogen (secondary N) is 1. The lowest BCUT2D eigenvalue weighted by molar-refractivity contribution is 0.163. The van der Waals surface area contributed by atoms with Crippen molar-refractivity contribution in [1.29, 1.82) is 0 Å². The quantitative estimate of drug-likeness (QED) is 0.119. The Morgan fingerprint density at radius 1 is 0.680 bits per heavy atom. The Hall–Kier alpha value is -4.34. The first-order valence-electron chi connectivity index (χ1n) is 19.4. The number of hydrogen-bond acceptors (Lipinski definition) is 3. The van der Waals surface area contributed by atoms with E-state index in [1.165, 1.54) is 108 Å². The van der Waals surface area contributed by atoms with Gasteiger partial charge in [-0.3, -0.25) is 0 Å². The van der Waals surface area contributed by atoms with E-state index >= 15 is 0 Å². The van der Waals surface area contributed by atoms with Crippen LogP contribution in [0.25, 0.3) is 28.0 Å². The van der Waals surface area contributed by atoms with Crippen LogP contribution in [-0.4, -0.2) is 13.1 Å². The molecule has 5 aromatic carbocycles. The fraction of sp³-hybridized carbons (Fsp3) is 0.362. The highest BCUT2D eigenvalue weighted by atomic mass is 16.5. The Labute approximate surface area is 299 Å². The average Bonchev–Trinajstić information content (AvgIpc) is 3.45. The predicted octanol–water partition coefficient (Wildman–Crippen LogP) is 12.1. The summed E-state index contributed by atoms with van der Waals surface area (Å²) < 4.78 is 7.65. The summed E-state index contributed by atoms with van der Waals surface area (Å²) in [5.74, 6) is 1.02. The zero-order valence-corrected chi connectivity index (χ0v) is 30.0. The van der Waals surface area contributed by atoms with Crippen LogP contribution in [0.1, 0.15) is 112 Å². The minimum absolute atomic E-state index is 0.00921. The summed E-state index contributed by atoms with van der Waals surface area (Å²) in [5, 5.41) is 4.85. The number of anilines is 1. The lowest BCUT2D eigenvalue weighted by Crippen LogP contribution is -2.39. The van der Waals surface area contributed by atoms with Gasteiger partial charge in [-0.05, 0) is 71.5 Å². The van der Waals surface area contributed by atoms with E-state index in [1.807, 2.05) is 0 Å². The first kappa shape index (κ1) is 32.8. The summed E-state index contributed by atoms with van der Waals surface area (Å²) in [5.41, 5.74) is 13.6. The Kier molecular flexibility index (Phi) is 9.27. The van der Waals surface area contributed by atoms with Crippen LogP contribution in [0.2, 0.25) is 0 Å². The molecule has 1 spiro atoms. The fourth-order valence-corrected chi connectivity index (χ4v) is 9.21. The van der Waals surface area contributed by atoms with Crippen molar-refractivity contribution in [3.8, 4) is 16.9 Å². The third kappa shape index (κ3) is 5.55. The van der Waals surface area contributed by atoms with Gasteiger partial charge in [0.05, 0.1) is 5.69 Å². The Morgan fingerprint density at radius 2 is 1.34 bits per heavy atom. The molecule has 0 radical (unpaired) electrons. The van der Waals surface area contributed by atoms with Gasteiger partial charge in [-0.25, -0.2) is 5.43 Å². The summed E-state index contributed by atoms with van der Waals surface area (Å²) in [6, 6.07) is 38.3. The maximum absolute atomic E-state index is 7.65. The van der Waals surface area contributed by atoms with E-state index in [4.69, 9.17) is 4.74 Å². The van der Waals surface area contributed by atoms with Gasteiger partial charge in [0.25, 0.3) is 0 Å². The molecule has 1 unspecified atom stereocenters. The number of rotatable bonds is 10. The number of benzene rings is 5. The molecule has 1 heterocycles. The van der Waals surface area contributed by atoms with E-state index in [1.54, 1.807) is 0 Å². The van der Waals surface area contributed by atoms with Gasteiger partial charge >= 0.3 is 0 Å². The third-order valence-corrected chi connectivity index (χ3v) is 11.7. The van der Waals surface area contributed by atoms with Gasteiger partial charge in [0.15, 0.2) is 5.60 Å². The molecule has 50 heavy (non-hydrogen) atoms. The highest BCUT2D eigenvalue weighted by molar-refractivity contribution is 6.08. The van der Waals surface area contributed by atoms with E-state index in [9.17, 15) is 0 Å². The third-order valence-electron chi connectivity index (χ3n) is 11.7. The van der Waals surface area contributed by atoms with Crippen LogP contribution in [0.5, 0.6) is 5.75 Å². The van der Waals surface area contributed by atoms with Crippen LogP contribution in [0.4, 0.5) is 5.69 Å². The van der Waals surface area contributed by atoms with Gasteiger partial charge in [-0.2, -0.15) is 0 Å². The molecule has 0 bridgehead atoms. The van der Waals surface area contributed by atoms with Crippen molar-refractivity contribution < 1.29 is 4.74 Å². The first-order valence-corrected chi connectivity index (χ1v) is 19.4. The smallest absolute Gasteiger partial charge is 0.178 e. The van der Waals surface area contributed by atoms with E-state index < -0.39 is 5.60 Å². The molecule has 0 amide bonds. The molecule has 0 saturated heterocycles. The number of unbranched alkanes of at least 4 members (excludes halogenated alkanes) is 2. The lowest BCUT2D eigenvalue weighted by Gasteiger charge is -2.40. The molecule has 1 N–H and O–H groups in total. The number of fused-ring (bicyclic) bond motifs is 10. The molecule has 3 nitrogen and oxygen atoms in total. The first-order chi connectivity index (χ1) is 24.7. The zero-order chi connectivity index (χ0) is 34.0. The van der Waals surface area contributed by atoms with Crippen molar-refractivity contribution in [3.05, 3.63) is 137 Å². The second-order valence-corrected chi connectivity index (χ2v) is 14.8. The zero-order valence-electron chi connectivity index (χ0n) is 30.0. The van der Waals surface area contributed by atoms with Gasteiger partial charge in [-0.1, -0.05) is 156 Å². The average molecular weight is 661 g/mol. The van der Waals surface area contributed by atoms with Crippen molar-refractivity contribution in [2.24, 2.45) is 0 Å². The van der Waals surface area contributed by atoms with Gasteiger partial charge in [0.1, 0.15) is 5.75 Å². The molecule has 5 aromatic rings. The largest absolute Gasteiger partial charge is 0.472 e. The molecule has 3 heteroatoms. The molecule has 1 saturated carbocycles. The van der Waals surface area contributed by atoms with Crippen LogP contribution in [0, 0.1) is 0 Å². The van der Waals surface area contributed by atoms with E-state index in [2.05, 4.69) is 140 Å². The highest BCUT2D eigenvalue weighted by Gasteiger charge is 2.48. The van der Waals surface area contributed by atoms with Crippen LogP contribution in [-0.2, 0) is 11.0 Å². The van der Waals surface area contributed by atoms with Gasteiger partial charge in [-0.15, -0.1) is 0 Å². The van der Waals surface area contributed by atoms with Crippen LogP contribution in [0.3, 0.4) is 0 Å². The van der Waals surface area contributed by atoms with Crippen molar-refractivity contribution in [2.45, 2.75) is 95.5 Å². The standard InChI is InChI=1S/C47H52N2O/c1-3-5-33-48-49(34-6-4-2)37-27-25-36(26-28-37)47(35-19-11-10-12-20-35)32-29-41-44-43(38-21-13-14-22-39(38)45(41)50-47)40-23-15-16-24-42(40)46(44)30-17-8-7-9-18-31-46/h10-16,19-29,32,48H,3-9,17-18,30-31,33-34H2,1-2H3. The number of hydrazine groups is 1. The van der Waals surface area contributed by atoms with Crippen LogP contribution >= 0.6 is 0 Å². The molecule has 3 aliphatic rings. The Morgan fingerprint density at radius 3 is 2.10 bits per heavy atom. The molecule has 2 aliphatic carbocycles. The monoisotopic (exact) mass is 660 g/mol. The van der Waals surface area contributed by atoms with Crippen molar-refractivity contribution in [2.75, 3.05) is 18.1 Å². The summed E-state index contributed by atoms with van der Waals surface area (Å²) in [6.07, 6.45) is 18.4. The van der Waals surface area contributed by atoms with Gasteiger partial charge in [0.2, 0.25) is 0 Å². The number of hydrogen-bond donors (Lipinski definition) is 1. The molecule has 1 atom stereocenters. The highest BCUT2D eigenvalue weighted by Crippen LogP contribution is 2.61. The maximum Gasteiger partial charge on any atom is 0.178 e. The summed E-state index contributed by atoms with van der Waals surface area (Å²) in [7, 11) is 0. The fourth-order valence-electron chi connectivity index (χ4n) is 9.21. The lowest BCUT2D eigenvalue weighted by atomic mass is 9.67. The van der Waals surface area contributed by atoms with E-state index in [0.29, 0.717) is 0 Å². The summed E-state index contributed by atoms with van der Waals surface area (Å²) in [6.45, 7) is 6.49.